The lowest BCUT2D eigenvalue weighted by molar-refractivity contribution is -0.141. The molecule has 1 aliphatic heterocycles. The smallest absolute Gasteiger partial charge is 0.242 e. The zero-order valence-corrected chi connectivity index (χ0v) is 19.8. The van der Waals surface area contributed by atoms with Crippen molar-refractivity contribution in [3.05, 3.63) is 82.0 Å². The van der Waals surface area contributed by atoms with E-state index in [1.54, 1.807) is 16.2 Å². The van der Waals surface area contributed by atoms with Gasteiger partial charge in [0.15, 0.2) is 11.5 Å². The van der Waals surface area contributed by atoms with Crippen molar-refractivity contribution in [2.24, 2.45) is 0 Å². The van der Waals surface area contributed by atoms with E-state index in [1.165, 1.54) is 0 Å². The molecule has 2 aliphatic rings. The van der Waals surface area contributed by atoms with Crippen LogP contribution >= 0.6 is 11.3 Å². The lowest BCUT2D eigenvalue weighted by Crippen LogP contribution is -2.43. The minimum absolute atomic E-state index is 0.0361. The predicted octanol–water partition coefficient (Wildman–Crippen LogP) is 4.63. The summed E-state index contributed by atoms with van der Waals surface area (Å²) >= 11 is 1.63. The zero-order chi connectivity index (χ0) is 23.3. The third-order valence-electron chi connectivity index (χ3n) is 6.17. The molecular formula is C27H28N2O4S. The van der Waals surface area contributed by atoms with Crippen LogP contribution in [0.25, 0.3) is 0 Å². The summed E-state index contributed by atoms with van der Waals surface area (Å²) in [5.74, 6) is 1.45. The number of hydrogen-bond acceptors (Lipinski definition) is 5. The van der Waals surface area contributed by atoms with Gasteiger partial charge < -0.3 is 19.3 Å². The van der Waals surface area contributed by atoms with Gasteiger partial charge in [0.25, 0.3) is 0 Å². The summed E-state index contributed by atoms with van der Waals surface area (Å²) in [6, 6.07) is 20.0. The van der Waals surface area contributed by atoms with Gasteiger partial charge in [-0.3, -0.25) is 9.59 Å². The van der Waals surface area contributed by atoms with Crippen molar-refractivity contribution in [2.45, 2.75) is 44.8 Å². The Hall–Kier alpha value is -3.32. The molecule has 7 heteroatoms. The van der Waals surface area contributed by atoms with Gasteiger partial charge in [0, 0.05) is 23.9 Å². The van der Waals surface area contributed by atoms with Crippen molar-refractivity contribution >= 4 is 23.2 Å². The highest BCUT2D eigenvalue weighted by Gasteiger charge is 2.34. The van der Waals surface area contributed by atoms with Crippen molar-refractivity contribution in [1.29, 1.82) is 0 Å². The second-order valence-corrected chi connectivity index (χ2v) is 9.79. The number of fused-ring (bicyclic) bond motifs is 1. The standard InChI is InChI=1S/C27H28N2O4S/c30-26(13-9-20-5-2-1-3-6-20)29(22-10-11-22)18-27(31)28(17-23-7-4-14-34-23)16-21-8-12-24-25(15-21)33-19-32-24/h1-8,12,14-15,22H,9-11,13,16-19H2. The van der Waals surface area contributed by atoms with E-state index in [0.29, 0.717) is 31.7 Å². The highest BCUT2D eigenvalue weighted by atomic mass is 32.1. The Bertz CT molecular complexity index is 1130. The molecule has 6 nitrogen and oxygen atoms in total. The van der Waals surface area contributed by atoms with Crippen molar-refractivity contribution in [1.82, 2.24) is 9.80 Å². The normalized spacial score (nSPS) is 14.1. The van der Waals surface area contributed by atoms with Gasteiger partial charge >= 0.3 is 0 Å². The van der Waals surface area contributed by atoms with Crippen LogP contribution in [-0.2, 0) is 29.1 Å². The fraction of sp³-hybridized carbons (Fsp3) is 0.333. The summed E-state index contributed by atoms with van der Waals surface area (Å²) < 4.78 is 10.9. The molecule has 5 rings (SSSR count). The molecule has 0 spiro atoms. The number of rotatable bonds is 10. The largest absolute Gasteiger partial charge is 0.454 e. The highest BCUT2D eigenvalue weighted by molar-refractivity contribution is 7.09. The number of benzene rings is 2. The molecule has 1 saturated carbocycles. The minimum Gasteiger partial charge on any atom is -0.454 e. The average molecular weight is 477 g/mol. The maximum Gasteiger partial charge on any atom is 0.242 e. The maximum atomic E-state index is 13.5. The monoisotopic (exact) mass is 476 g/mol. The fourth-order valence-corrected chi connectivity index (χ4v) is 4.89. The minimum atomic E-state index is -0.0361. The second-order valence-electron chi connectivity index (χ2n) is 8.76. The van der Waals surface area contributed by atoms with Gasteiger partial charge in [0.2, 0.25) is 18.6 Å². The Morgan fingerprint density at radius 3 is 2.47 bits per heavy atom. The van der Waals surface area contributed by atoms with Crippen molar-refractivity contribution < 1.29 is 19.1 Å². The molecule has 2 aromatic carbocycles. The van der Waals surface area contributed by atoms with Gasteiger partial charge in [-0.15, -0.1) is 11.3 Å². The molecular weight excluding hydrogens is 448 g/mol. The molecule has 2 heterocycles. The summed E-state index contributed by atoms with van der Waals surface area (Å²) in [5, 5.41) is 2.02. The third-order valence-corrected chi connectivity index (χ3v) is 7.04. The first-order valence-corrected chi connectivity index (χ1v) is 12.6. The molecule has 176 valence electrons. The summed E-state index contributed by atoms with van der Waals surface area (Å²) in [4.78, 5) is 31.3. The van der Waals surface area contributed by atoms with Crippen molar-refractivity contribution in [3.8, 4) is 11.5 Å². The Morgan fingerprint density at radius 1 is 0.882 bits per heavy atom. The van der Waals surface area contributed by atoms with Crippen LogP contribution in [0.5, 0.6) is 11.5 Å². The van der Waals surface area contributed by atoms with Gasteiger partial charge in [-0.25, -0.2) is 0 Å². The first kappa shape index (κ1) is 22.5. The van der Waals surface area contributed by atoms with Gasteiger partial charge in [0.1, 0.15) is 6.54 Å². The highest BCUT2D eigenvalue weighted by Crippen LogP contribution is 2.33. The quantitative estimate of drug-likeness (QED) is 0.428. The zero-order valence-electron chi connectivity index (χ0n) is 19.0. The first-order valence-electron chi connectivity index (χ1n) is 11.7. The average Bonchev–Trinajstić information content (AvgIpc) is 3.35. The van der Waals surface area contributed by atoms with E-state index < -0.39 is 0 Å². The Labute approximate surface area is 203 Å². The topological polar surface area (TPSA) is 59.1 Å². The number of hydrogen-bond donors (Lipinski definition) is 0. The number of thiophene rings is 1. The predicted molar refractivity (Wildman–Crippen MR) is 131 cm³/mol. The molecule has 0 unspecified atom stereocenters. The molecule has 0 saturated heterocycles. The van der Waals surface area contributed by atoms with E-state index >= 15 is 0 Å². The molecule has 1 fully saturated rings. The number of carbonyl (C=O) groups is 2. The van der Waals surface area contributed by atoms with Crippen LogP contribution in [-0.4, -0.2) is 41.0 Å². The van der Waals surface area contributed by atoms with E-state index in [2.05, 4.69) is 0 Å². The number of ether oxygens (including phenoxy) is 2. The van der Waals surface area contributed by atoms with Gasteiger partial charge in [-0.05, 0) is 54.0 Å². The number of aryl methyl sites for hydroxylation is 1. The van der Waals surface area contributed by atoms with Crippen molar-refractivity contribution in [2.75, 3.05) is 13.3 Å². The molecule has 0 bridgehead atoms. The number of carbonyl (C=O) groups excluding carboxylic acids is 2. The SMILES string of the molecule is O=C(CN(C(=O)CCc1ccccc1)C1CC1)N(Cc1ccc2c(c1)OCO2)Cc1cccs1. The molecule has 3 aromatic rings. The number of nitrogens with zero attached hydrogens (tertiary/aromatic N) is 2. The van der Waals surface area contributed by atoms with Crippen LogP contribution in [0.15, 0.2) is 66.0 Å². The Morgan fingerprint density at radius 2 is 1.71 bits per heavy atom. The van der Waals surface area contributed by atoms with Crippen LogP contribution in [0.4, 0.5) is 0 Å². The maximum absolute atomic E-state index is 13.5. The molecule has 34 heavy (non-hydrogen) atoms. The summed E-state index contributed by atoms with van der Waals surface area (Å²) in [6.07, 6.45) is 3.04. The van der Waals surface area contributed by atoms with E-state index in [-0.39, 0.29) is 31.2 Å². The van der Waals surface area contributed by atoms with Crippen LogP contribution in [0.3, 0.4) is 0 Å². The Kier molecular flexibility index (Phi) is 6.81. The van der Waals surface area contributed by atoms with Crippen LogP contribution in [0.1, 0.15) is 35.3 Å². The van der Waals surface area contributed by atoms with Crippen LogP contribution in [0.2, 0.25) is 0 Å². The van der Waals surface area contributed by atoms with Gasteiger partial charge in [-0.1, -0.05) is 42.5 Å². The molecule has 0 N–H and O–H groups in total. The molecule has 1 aliphatic carbocycles. The lowest BCUT2D eigenvalue weighted by atomic mass is 10.1. The van der Waals surface area contributed by atoms with E-state index in [0.717, 1.165) is 34.6 Å². The molecule has 1 aromatic heterocycles. The summed E-state index contributed by atoms with van der Waals surface area (Å²) in [6.45, 7) is 1.30. The summed E-state index contributed by atoms with van der Waals surface area (Å²) in [5.41, 5.74) is 2.11. The van der Waals surface area contributed by atoms with Crippen LogP contribution < -0.4 is 9.47 Å². The number of amides is 2. The third kappa shape index (κ3) is 5.59. The summed E-state index contributed by atoms with van der Waals surface area (Å²) in [7, 11) is 0. The second kappa shape index (κ2) is 10.3. The molecule has 2 amide bonds. The molecule has 0 radical (unpaired) electrons. The van der Waals surface area contributed by atoms with Gasteiger partial charge in [-0.2, -0.15) is 0 Å². The van der Waals surface area contributed by atoms with Gasteiger partial charge in [0.05, 0.1) is 6.54 Å². The van der Waals surface area contributed by atoms with E-state index in [4.69, 9.17) is 9.47 Å². The first-order chi connectivity index (χ1) is 16.7. The van der Waals surface area contributed by atoms with Crippen LogP contribution in [0, 0.1) is 0 Å². The van der Waals surface area contributed by atoms with E-state index in [9.17, 15) is 9.59 Å². The van der Waals surface area contributed by atoms with E-state index in [1.807, 2.05) is 70.9 Å². The Balaban J connectivity index is 1.27. The molecule has 0 atom stereocenters. The van der Waals surface area contributed by atoms with Crippen molar-refractivity contribution in [3.63, 3.8) is 0 Å². The lowest BCUT2D eigenvalue weighted by Gasteiger charge is -2.28. The fourth-order valence-electron chi connectivity index (χ4n) is 4.17.